The van der Waals surface area contributed by atoms with Gasteiger partial charge in [-0.1, -0.05) is 11.6 Å². The Morgan fingerprint density at radius 1 is 1.29 bits per heavy atom. The Labute approximate surface area is 165 Å². The van der Waals surface area contributed by atoms with Gasteiger partial charge in [-0.05, 0) is 36.4 Å². The van der Waals surface area contributed by atoms with Gasteiger partial charge in [-0.3, -0.25) is 9.69 Å². The Hall–Kier alpha value is -2.90. The van der Waals surface area contributed by atoms with Gasteiger partial charge in [0.1, 0.15) is 17.4 Å². The SMILES string of the molecule is Nc1ccc(-c2nc3c(c(=O)[nH]2)CN(Cc2cc(F)cc(Cl)c2O)CC3)cc1. The molecule has 6 nitrogen and oxygen atoms in total. The molecule has 3 aromatic rings. The van der Waals surface area contributed by atoms with E-state index < -0.39 is 5.82 Å². The highest BCUT2D eigenvalue weighted by atomic mass is 35.5. The van der Waals surface area contributed by atoms with E-state index in [0.717, 1.165) is 17.3 Å². The summed E-state index contributed by atoms with van der Waals surface area (Å²) in [4.78, 5) is 22.0. The van der Waals surface area contributed by atoms with Crippen LogP contribution in [0, 0.1) is 5.82 Å². The smallest absolute Gasteiger partial charge is 0.255 e. The minimum absolute atomic E-state index is 0.0277. The Morgan fingerprint density at radius 2 is 2.04 bits per heavy atom. The van der Waals surface area contributed by atoms with Gasteiger partial charge >= 0.3 is 0 Å². The Kier molecular flexibility index (Phi) is 4.78. The standard InChI is InChI=1S/C20H18ClFN4O2/c21-16-8-13(22)7-12(18(16)27)9-26-6-5-17-15(10-26)20(28)25-19(24-17)11-1-3-14(23)4-2-11/h1-4,7-8,27H,5-6,9-10,23H2,(H,24,25,28). The van der Waals surface area contributed by atoms with Gasteiger partial charge in [0.05, 0.1) is 16.3 Å². The number of fused-ring (bicyclic) bond motifs is 1. The first-order valence-electron chi connectivity index (χ1n) is 8.78. The molecule has 0 radical (unpaired) electrons. The van der Waals surface area contributed by atoms with Crippen molar-refractivity contribution in [1.82, 2.24) is 14.9 Å². The molecule has 0 unspecified atom stereocenters. The number of aromatic nitrogens is 2. The molecule has 1 aliphatic heterocycles. The second kappa shape index (κ2) is 7.26. The van der Waals surface area contributed by atoms with E-state index in [2.05, 4.69) is 9.97 Å². The monoisotopic (exact) mass is 400 g/mol. The number of aromatic hydroxyl groups is 1. The quantitative estimate of drug-likeness (QED) is 0.587. The van der Waals surface area contributed by atoms with E-state index in [1.807, 2.05) is 17.0 Å². The van der Waals surface area contributed by atoms with Gasteiger partial charge < -0.3 is 15.8 Å². The number of nitrogens with two attached hydrogens (primary N) is 1. The highest BCUT2D eigenvalue weighted by molar-refractivity contribution is 6.32. The molecule has 28 heavy (non-hydrogen) atoms. The van der Waals surface area contributed by atoms with Gasteiger partial charge in [-0.25, -0.2) is 9.37 Å². The molecule has 0 fully saturated rings. The van der Waals surface area contributed by atoms with Crippen molar-refractivity contribution < 1.29 is 9.50 Å². The van der Waals surface area contributed by atoms with E-state index in [1.54, 1.807) is 12.1 Å². The summed E-state index contributed by atoms with van der Waals surface area (Å²) in [6, 6.07) is 9.46. The molecular weight excluding hydrogens is 383 g/mol. The number of H-pyrrole nitrogens is 1. The van der Waals surface area contributed by atoms with E-state index in [0.29, 0.717) is 42.1 Å². The highest BCUT2D eigenvalue weighted by Crippen LogP contribution is 2.30. The number of anilines is 1. The molecule has 2 aromatic carbocycles. The number of halogens is 2. The molecule has 0 aliphatic carbocycles. The second-order valence-electron chi connectivity index (χ2n) is 6.82. The van der Waals surface area contributed by atoms with E-state index in [4.69, 9.17) is 17.3 Å². The fraction of sp³-hybridized carbons (Fsp3) is 0.200. The summed E-state index contributed by atoms with van der Waals surface area (Å²) in [6.45, 7) is 1.26. The zero-order chi connectivity index (χ0) is 19.8. The fourth-order valence-corrected chi connectivity index (χ4v) is 3.60. The van der Waals surface area contributed by atoms with Gasteiger partial charge in [0, 0.05) is 42.9 Å². The molecule has 0 atom stereocenters. The van der Waals surface area contributed by atoms with Crippen LogP contribution in [-0.4, -0.2) is 26.5 Å². The number of benzene rings is 2. The Balaban J connectivity index is 1.59. The molecule has 0 bridgehead atoms. The van der Waals surface area contributed by atoms with Crippen LogP contribution >= 0.6 is 11.6 Å². The number of hydrogen-bond acceptors (Lipinski definition) is 5. The van der Waals surface area contributed by atoms with Crippen molar-refractivity contribution in [2.75, 3.05) is 12.3 Å². The van der Waals surface area contributed by atoms with E-state index in [9.17, 15) is 14.3 Å². The average molecular weight is 401 g/mol. The van der Waals surface area contributed by atoms with E-state index in [-0.39, 0.29) is 22.9 Å². The lowest BCUT2D eigenvalue weighted by Crippen LogP contribution is -2.35. The number of phenolic OH excluding ortho intramolecular Hbond substituents is 1. The van der Waals surface area contributed by atoms with Crippen LogP contribution in [0.25, 0.3) is 11.4 Å². The molecule has 8 heteroatoms. The van der Waals surface area contributed by atoms with Gasteiger partial charge in [-0.15, -0.1) is 0 Å². The van der Waals surface area contributed by atoms with Crippen LogP contribution in [0.1, 0.15) is 16.8 Å². The highest BCUT2D eigenvalue weighted by Gasteiger charge is 2.23. The first-order chi connectivity index (χ1) is 13.4. The first kappa shape index (κ1) is 18.5. The number of hydrogen-bond donors (Lipinski definition) is 3. The van der Waals surface area contributed by atoms with Crippen LogP contribution in [0.3, 0.4) is 0 Å². The van der Waals surface area contributed by atoms with Crippen LogP contribution < -0.4 is 11.3 Å². The van der Waals surface area contributed by atoms with Crippen LogP contribution in [0.5, 0.6) is 5.75 Å². The Bertz CT molecular complexity index is 1100. The van der Waals surface area contributed by atoms with E-state index >= 15 is 0 Å². The van der Waals surface area contributed by atoms with Crippen molar-refractivity contribution in [2.45, 2.75) is 19.5 Å². The third-order valence-electron chi connectivity index (χ3n) is 4.83. The number of phenols is 1. The van der Waals surface area contributed by atoms with Gasteiger partial charge in [0.25, 0.3) is 5.56 Å². The molecule has 0 saturated heterocycles. The summed E-state index contributed by atoms with van der Waals surface area (Å²) < 4.78 is 13.6. The van der Waals surface area contributed by atoms with Crippen LogP contribution in [-0.2, 0) is 19.5 Å². The Morgan fingerprint density at radius 3 is 2.79 bits per heavy atom. The molecule has 144 valence electrons. The second-order valence-corrected chi connectivity index (χ2v) is 7.22. The van der Waals surface area contributed by atoms with Crippen molar-refractivity contribution >= 4 is 17.3 Å². The third-order valence-corrected chi connectivity index (χ3v) is 5.12. The van der Waals surface area contributed by atoms with Crippen molar-refractivity contribution in [2.24, 2.45) is 0 Å². The van der Waals surface area contributed by atoms with Crippen molar-refractivity contribution in [3.05, 3.63) is 74.4 Å². The maximum atomic E-state index is 13.6. The lowest BCUT2D eigenvalue weighted by Gasteiger charge is -2.28. The summed E-state index contributed by atoms with van der Waals surface area (Å²) in [5.74, 6) is -0.144. The average Bonchev–Trinajstić information content (AvgIpc) is 2.66. The van der Waals surface area contributed by atoms with Crippen LogP contribution in [0.2, 0.25) is 5.02 Å². The zero-order valence-corrected chi connectivity index (χ0v) is 15.6. The maximum Gasteiger partial charge on any atom is 0.255 e. The fourth-order valence-electron chi connectivity index (χ4n) is 3.37. The van der Waals surface area contributed by atoms with E-state index in [1.165, 1.54) is 6.07 Å². The van der Waals surface area contributed by atoms with Crippen molar-refractivity contribution in [3.63, 3.8) is 0 Å². The summed E-state index contributed by atoms with van der Waals surface area (Å²) in [5.41, 5.74) is 8.63. The topological polar surface area (TPSA) is 95.2 Å². The maximum absolute atomic E-state index is 13.6. The lowest BCUT2D eigenvalue weighted by molar-refractivity contribution is 0.238. The number of nitrogens with zero attached hydrogens (tertiary/aromatic N) is 2. The van der Waals surface area contributed by atoms with Crippen LogP contribution in [0.4, 0.5) is 10.1 Å². The summed E-state index contributed by atoms with van der Waals surface area (Å²) in [6.07, 6.45) is 0.574. The molecule has 0 saturated carbocycles. The first-order valence-corrected chi connectivity index (χ1v) is 9.15. The molecule has 2 heterocycles. The number of nitrogens with one attached hydrogen (secondary N) is 1. The molecule has 0 amide bonds. The van der Waals surface area contributed by atoms with Crippen molar-refractivity contribution in [3.8, 4) is 17.1 Å². The van der Waals surface area contributed by atoms with Gasteiger partial charge in [0.2, 0.25) is 0 Å². The number of aromatic amines is 1. The summed E-state index contributed by atoms with van der Waals surface area (Å²) in [7, 11) is 0. The normalized spacial score (nSPS) is 14.1. The minimum Gasteiger partial charge on any atom is -0.506 e. The van der Waals surface area contributed by atoms with Gasteiger partial charge in [-0.2, -0.15) is 0 Å². The number of rotatable bonds is 3. The predicted molar refractivity (Wildman–Crippen MR) is 106 cm³/mol. The summed E-state index contributed by atoms with van der Waals surface area (Å²) in [5, 5.41) is 10.0. The predicted octanol–water partition coefficient (Wildman–Crippen LogP) is 3.08. The van der Waals surface area contributed by atoms with Crippen LogP contribution in [0.15, 0.2) is 41.2 Å². The molecule has 4 N–H and O–H groups in total. The van der Waals surface area contributed by atoms with Gasteiger partial charge in [0.15, 0.2) is 0 Å². The third kappa shape index (κ3) is 3.58. The zero-order valence-electron chi connectivity index (χ0n) is 14.9. The number of nitrogen functional groups attached to an aromatic ring is 1. The molecular formula is C20H18ClFN4O2. The molecule has 4 rings (SSSR count). The molecule has 1 aliphatic rings. The molecule has 1 aromatic heterocycles. The lowest BCUT2D eigenvalue weighted by atomic mass is 10.0. The van der Waals surface area contributed by atoms with Crippen molar-refractivity contribution in [1.29, 1.82) is 0 Å². The minimum atomic E-state index is -0.511. The largest absolute Gasteiger partial charge is 0.506 e. The summed E-state index contributed by atoms with van der Waals surface area (Å²) >= 11 is 5.85. The molecule has 0 spiro atoms.